The van der Waals surface area contributed by atoms with Crippen LogP contribution >= 0.6 is 0 Å². The Morgan fingerprint density at radius 1 is 0.870 bits per heavy atom. The molecule has 5 fully saturated rings. The molecule has 0 spiro atoms. The fraction of sp³-hybridized carbons (Fsp3) is 0.750. The smallest absolute Gasteiger partial charge is 0.302 e. The van der Waals surface area contributed by atoms with Crippen LogP contribution < -0.4 is 14.8 Å². The van der Waals surface area contributed by atoms with Gasteiger partial charge >= 0.3 is 5.97 Å². The molecule has 5 aliphatic carbocycles. The van der Waals surface area contributed by atoms with E-state index in [1.54, 1.807) is 6.92 Å². The predicted octanol–water partition coefficient (Wildman–Crippen LogP) is 8.62. The van der Waals surface area contributed by atoms with E-state index in [1.165, 1.54) is 31.3 Å². The van der Waals surface area contributed by atoms with E-state index in [-0.39, 0.29) is 51.8 Å². The minimum absolute atomic E-state index is 0.000595. The molecule has 1 aromatic rings. The van der Waals surface area contributed by atoms with E-state index >= 15 is 0 Å². The molecule has 1 heterocycles. The van der Waals surface area contributed by atoms with E-state index in [0.717, 1.165) is 55.6 Å². The van der Waals surface area contributed by atoms with Gasteiger partial charge in [0.2, 0.25) is 12.7 Å². The van der Waals surface area contributed by atoms with Gasteiger partial charge in [0.05, 0.1) is 5.41 Å². The Labute approximate surface area is 276 Å². The number of amides is 1. The quantitative estimate of drug-likeness (QED) is 0.260. The second-order valence-electron chi connectivity index (χ2n) is 17.7. The average Bonchev–Trinajstić information content (AvgIpc) is 3.63. The number of allylic oxidation sites excluding steroid dienone is 1. The van der Waals surface area contributed by atoms with Crippen molar-refractivity contribution in [1.29, 1.82) is 0 Å². The van der Waals surface area contributed by atoms with Crippen molar-refractivity contribution in [3.05, 3.63) is 35.9 Å². The maximum absolute atomic E-state index is 14.5. The van der Waals surface area contributed by atoms with Crippen molar-refractivity contribution in [2.24, 2.45) is 56.7 Å². The van der Waals surface area contributed by atoms with E-state index in [4.69, 9.17) is 14.2 Å². The molecule has 1 aliphatic heterocycles. The molecule has 10 atom stereocenters. The summed E-state index contributed by atoms with van der Waals surface area (Å²) in [4.78, 5) is 26.5. The van der Waals surface area contributed by atoms with Gasteiger partial charge in [0, 0.05) is 18.9 Å². The lowest BCUT2D eigenvalue weighted by molar-refractivity contribution is -0.248. The molecule has 6 nitrogen and oxygen atoms in total. The SMILES string of the molecule is C=C(C)[C@@H]1CC[C@]2(C(=O)NCc3ccc4c(c3)OCO4)CC[C@]3(C)C(CCC4[C@@]5(C)CC[C@H](OC(C)=O)C(C)(C)C5CC[C@]43C)C12. The van der Waals surface area contributed by atoms with Crippen LogP contribution in [-0.2, 0) is 20.9 Å². The van der Waals surface area contributed by atoms with Gasteiger partial charge in [-0.05, 0) is 135 Å². The second kappa shape index (κ2) is 10.8. The highest BCUT2D eigenvalue weighted by Crippen LogP contribution is 2.77. The van der Waals surface area contributed by atoms with Crippen LogP contribution in [0.2, 0.25) is 0 Å². The molecule has 6 heteroatoms. The van der Waals surface area contributed by atoms with Crippen LogP contribution in [0.5, 0.6) is 11.5 Å². The fourth-order valence-electron chi connectivity index (χ4n) is 13.3. The van der Waals surface area contributed by atoms with Crippen molar-refractivity contribution in [3.63, 3.8) is 0 Å². The minimum atomic E-state index is -0.335. The zero-order valence-electron chi connectivity index (χ0n) is 29.4. The number of benzene rings is 1. The third-order valence-corrected chi connectivity index (χ3v) is 15.7. The van der Waals surface area contributed by atoms with Crippen LogP contribution in [-0.4, -0.2) is 24.8 Å². The van der Waals surface area contributed by atoms with Crippen molar-refractivity contribution in [2.45, 2.75) is 125 Å². The lowest BCUT2D eigenvalue weighted by Crippen LogP contribution is -2.67. The predicted molar refractivity (Wildman–Crippen MR) is 179 cm³/mol. The molecule has 5 saturated carbocycles. The highest BCUT2D eigenvalue weighted by molar-refractivity contribution is 5.84. The summed E-state index contributed by atoms with van der Waals surface area (Å²) in [5.41, 5.74) is 2.54. The molecule has 7 rings (SSSR count). The van der Waals surface area contributed by atoms with Crippen molar-refractivity contribution in [3.8, 4) is 11.5 Å². The number of hydrogen-bond acceptors (Lipinski definition) is 5. The first kappa shape index (κ1) is 32.1. The summed E-state index contributed by atoms with van der Waals surface area (Å²) in [6.07, 6.45) is 11.0. The third-order valence-electron chi connectivity index (χ3n) is 15.7. The number of nitrogens with one attached hydrogen (secondary N) is 1. The molecule has 1 amide bonds. The zero-order chi connectivity index (χ0) is 32.9. The Morgan fingerprint density at radius 3 is 2.37 bits per heavy atom. The zero-order valence-corrected chi connectivity index (χ0v) is 29.4. The van der Waals surface area contributed by atoms with E-state index in [9.17, 15) is 9.59 Å². The second-order valence-corrected chi connectivity index (χ2v) is 17.7. The molecule has 6 aliphatic rings. The molecule has 0 radical (unpaired) electrons. The molecular formula is C40H57NO5. The number of carbonyl (C=O) groups is 2. The number of hydrogen-bond donors (Lipinski definition) is 1. The van der Waals surface area contributed by atoms with Gasteiger partial charge < -0.3 is 19.5 Å². The average molecular weight is 632 g/mol. The van der Waals surface area contributed by atoms with Gasteiger partial charge in [-0.3, -0.25) is 9.59 Å². The first-order chi connectivity index (χ1) is 21.7. The van der Waals surface area contributed by atoms with Gasteiger partial charge in [-0.2, -0.15) is 0 Å². The number of esters is 1. The summed E-state index contributed by atoms with van der Waals surface area (Å²) in [5, 5.41) is 3.42. The molecule has 1 aromatic carbocycles. The van der Waals surface area contributed by atoms with Crippen molar-refractivity contribution in [1.82, 2.24) is 5.32 Å². The highest BCUT2D eigenvalue weighted by Gasteiger charge is 2.72. The number of ether oxygens (including phenoxy) is 3. The first-order valence-corrected chi connectivity index (χ1v) is 18.2. The summed E-state index contributed by atoms with van der Waals surface area (Å²) < 4.78 is 17.1. The topological polar surface area (TPSA) is 73.9 Å². The van der Waals surface area contributed by atoms with Crippen LogP contribution in [0.3, 0.4) is 0 Å². The summed E-state index contributed by atoms with van der Waals surface area (Å²) in [7, 11) is 0. The molecule has 0 bridgehead atoms. The number of fused-ring (bicyclic) bond motifs is 8. The Balaban J connectivity index is 1.17. The largest absolute Gasteiger partial charge is 0.462 e. The molecule has 0 aromatic heterocycles. The highest BCUT2D eigenvalue weighted by atomic mass is 16.7. The maximum Gasteiger partial charge on any atom is 0.302 e. The Morgan fingerprint density at radius 2 is 1.63 bits per heavy atom. The normalized spacial score (nSPS) is 43.4. The summed E-state index contributed by atoms with van der Waals surface area (Å²) in [6, 6.07) is 5.98. The Kier molecular flexibility index (Phi) is 7.50. The third kappa shape index (κ3) is 4.39. The molecule has 4 unspecified atom stereocenters. The molecule has 0 saturated heterocycles. The van der Waals surface area contributed by atoms with Gasteiger partial charge in [0.25, 0.3) is 0 Å². The van der Waals surface area contributed by atoms with E-state index < -0.39 is 0 Å². The van der Waals surface area contributed by atoms with Gasteiger partial charge in [-0.25, -0.2) is 0 Å². The lowest BCUT2D eigenvalue weighted by atomic mass is 9.32. The van der Waals surface area contributed by atoms with Gasteiger partial charge in [-0.1, -0.05) is 52.8 Å². The Hall–Kier alpha value is -2.50. The number of rotatable bonds is 5. The van der Waals surface area contributed by atoms with E-state index in [1.807, 2.05) is 18.2 Å². The van der Waals surface area contributed by atoms with Crippen LogP contribution in [0.1, 0.15) is 118 Å². The van der Waals surface area contributed by atoms with E-state index in [2.05, 4.69) is 53.4 Å². The monoisotopic (exact) mass is 631 g/mol. The minimum Gasteiger partial charge on any atom is -0.462 e. The van der Waals surface area contributed by atoms with Crippen LogP contribution in [0.15, 0.2) is 30.4 Å². The van der Waals surface area contributed by atoms with Crippen molar-refractivity contribution >= 4 is 11.9 Å². The number of carbonyl (C=O) groups excluding carboxylic acids is 2. The molecular weight excluding hydrogens is 574 g/mol. The van der Waals surface area contributed by atoms with Crippen LogP contribution in [0, 0.1) is 56.7 Å². The standard InChI is InChI=1S/C40H57NO5/c1-24(2)27-13-18-40(35(43)41-22-26-9-11-29-30(21-26)45-23-44-29)20-19-38(7)28(34(27)40)10-12-32-37(6)16-15-33(46-25(3)42)36(4,5)31(37)14-17-39(32,38)8/h9,11,21,27-28,31-34H,1,10,12-20,22-23H2,2-8H3,(H,41,43)/t27-,28?,31?,32?,33-,34?,37-,38+,39+,40-/m0/s1. The Bertz CT molecular complexity index is 1430. The van der Waals surface area contributed by atoms with Gasteiger partial charge in [0.1, 0.15) is 6.10 Å². The summed E-state index contributed by atoms with van der Waals surface area (Å²) in [5.74, 6) is 4.04. The molecule has 46 heavy (non-hydrogen) atoms. The van der Waals surface area contributed by atoms with Crippen molar-refractivity contribution < 1.29 is 23.8 Å². The lowest BCUT2D eigenvalue weighted by Gasteiger charge is -2.72. The fourth-order valence-corrected chi connectivity index (χ4v) is 13.3. The van der Waals surface area contributed by atoms with Gasteiger partial charge in [0.15, 0.2) is 11.5 Å². The summed E-state index contributed by atoms with van der Waals surface area (Å²) in [6.45, 7) is 21.7. The maximum atomic E-state index is 14.5. The summed E-state index contributed by atoms with van der Waals surface area (Å²) >= 11 is 0. The van der Waals surface area contributed by atoms with Crippen LogP contribution in [0.25, 0.3) is 0 Å². The van der Waals surface area contributed by atoms with E-state index in [0.29, 0.717) is 36.1 Å². The first-order valence-electron chi connectivity index (χ1n) is 18.2. The molecule has 252 valence electrons. The van der Waals surface area contributed by atoms with Crippen LogP contribution in [0.4, 0.5) is 0 Å². The molecule has 1 N–H and O–H groups in total. The van der Waals surface area contributed by atoms with Gasteiger partial charge in [-0.15, -0.1) is 0 Å². The van der Waals surface area contributed by atoms with Crippen molar-refractivity contribution in [2.75, 3.05) is 6.79 Å².